The smallest absolute Gasteiger partial charge is 0.273 e. The number of aryl methyl sites for hydroxylation is 2. The normalized spacial score (nSPS) is 10.5. The standard InChI is InChI=1S/C20H20N6O3S2/c1-3-17-22-23-20(31-12-14-7-5-4-6-8-14)25(17)24-19(30)21-18(27)15-10-9-13(2)16(11-15)26(28)29/h4-11H,3,12H2,1-2H3,(H2,21,24,27,30). The topological polar surface area (TPSA) is 115 Å². The van der Waals surface area contributed by atoms with Gasteiger partial charge in [-0.3, -0.25) is 25.7 Å². The first-order valence-corrected chi connectivity index (χ1v) is 10.8. The van der Waals surface area contributed by atoms with E-state index in [0.29, 0.717) is 28.7 Å². The van der Waals surface area contributed by atoms with Crippen LogP contribution in [0.3, 0.4) is 0 Å². The Morgan fingerprint density at radius 3 is 2.65 bits per heavy atom. The van der Waals surface area contributed by atoms with Gasteiger partial charge in [-0.15, -0.1) is 10.2 Å². The van der Waals surface area contributed by atoms with Gasteiger partial charge in [-0.1, -0.05) is 55.1 Å². The van der Waals surface area contributed by atoms with Gasteiger partial charge in [0.1, 0.15) is 0 Å². The van der Waals surface area contributed by atoms with E-state index in [0.717, 1.165) is 5.56 Å². The van der Waals surface area contributed by atoms with E-state index in [-0.39, 0.29) is 16.4 Å². The van der Waals surface area contributed by atoms with Gasteiger partial charge in [0.15, 0.2) is 10.9 Å². The van der Waals surface area contributed by atoms with Crippen LogP contribution in [0.2, 0.25) is 0 Å². The third-order valence-electron chi connectivity index (χ3n) is 4.34. The molecule has 2 N–H and O–H groups in total. The number of nitrogens with zero attached hydrogens (tertiary/aromatic N) is 4. The lowest BCUT2D eigenvalue weighted by Crippen LogP contribution is -2.38. The molecule has 11 heteroatoms. The van der Waals surface area contributed by atoms with Crippen LogP contribution in [0, 0.1) is 17.0 Å². The summed E-state index contributed by atoms with van der Waals surface area (Å²) in [6.45, 7) is 3.54. The molecule has 0 bridgehead atoms. The van der Waals surface area contributed by atoms with Crippen molar-refractivity contribution in [3.8, 4) is 0 Å². The lowest BCUT2D eigenvalue weighted by Gasteiger charge is -2.14. The van der Waals surface area contributed by atoms with Crippen molar-refractivity contribution < 1.29 is 9.72 Å². The van der Waals surface area contributed by atoms with Crippen LogP contribution in [0.1, 0.15) is 34.2 Å². The van der Waals surface area contributed by atoms with Crippen LogP contribution in [0.4, 0.5) is 5.69 Å². The average Bonchev–Trinajstić information content (AvgIpc) is 3.14. The zero-order chi connectivity index (χ0) is 22.4. The summed E-state index contributed by atoms with van der Waals surface area (Å²) in [6.07, 6.45) is 0.604. The highest BCUT2D eigenvalue weighted by Crippen LogP contribution is 2.21. The summed E-state index contributed by atoms with van der Waals surface area (Å²) in [5.74, 6) is 0.791. The van der Waals surface area contributed by atoms with Crippen LogP contribution in [-0.4, -0.2) is 30.8 Å². The Morgan fingerprint density at radius 1 is 1.23 bits per heavy atom. The van der Waals surface area contributed by atoms with Gasteiger partial charge in [-0.05, 0) is 30.8 Å². The Hall–Kier alpha value is -3.31. The quantitative estimate of drug-likeness (QED) is 0.240. The number of thioether (sulfide) groups is 1. The van der Waals surface area contributed by atoms with Crippen LogP contribution >= 0.6 is 24.0 Å². The van der Waals surface area contributed by atoms with Crippen LogP contribution in [0.25, 0.3) is 0 Å². The molecule has 0 aliphatic rings. The molecule has 0 radical (unpaired) electrons. The molecule has 9 nitrogen and oxygen atoms in total. The summed E-state index contributed by atoms with van der Waals surface area (Å²) in [5.41, 5.74) is 4.55. The van der Waals surface area contributed by atoms with E-state index in [1.807, 2.05) is 37.3 Å². The van der Waals surface area contributed by atoms with Crippen molar-refractivity contribution in [2.45, 2.75) is 31.2 Å². The number of nitrogens with one attached hydrogen (secondary N) is 2. The van der Waals surface area contributed by atoms with Crippen molar-refractivity contribution in [1.82, 2.24) is 20.2 Å². The van der Waals surface area contributed by atoms with Gasteiger partial charge in [0.2, 0.25) is 5.16 Å². The molecule has 0 aliphatic heterocycles. The fourth-order valence-electron chi connectivity index (χ4n) is 2.71. The molecule has 0 unspecified atom stereocenters. The fourth-order valence-corrected chi connectivity index (χ4v) is 3.76. The van der Waals surface area contributed by atoms with Crippen LogP contribution in [0.15, 0.2) is 53.7 Å². The number of hydrogen-bond acceptors (Lipinski definition) is 7. The summed E-state index contributed by atoms with van der Waals surface area (Å²) in [6, 6.07) is 14.2. The summed E-state index contributed by atoms with van der Waals surface area (Å²) >= 11 is 6.75. The predicted octanol–water partition coefficient (Wildman–Crippen LogP) is 3.61. The minimum absolute atomic E-state index is 0.0317. The van der Waals surface area contributed by atoms with Gasteiger partial charge in [0.25, 0.3) is 11.6 Å². The molecule has 1 aromatic heterocycles. The van der Waals surface area contributed by atoms with Crippen molar-refractivity contribution in [2.24, 2.45) is 0 Å². The maximum atomic E-state index is 12.5. The molecule has 2 aromatic carbocycles. The van der Waals surface area contributed by atoms with Crippen LogP contribution < -0.4 is 10.7 Å². The number of benzene rings is 2. The second-order valence-electron chi connectivity index (χ2n) is 6.52. The van der Waals surface area contributed by atoms with Crippen molar-refractivity contribution in [3.05, 3.63) is 81.2 Å². The average molecular weight is 457 g/mol. The van der Waals surface area contributed by atoms with Crippen molar-refractivity contribution in [2.75, 3.05) is 5.43 Å². The third-order valence-corrected chi connectivity index (χ3v) is 5.53. The number of nitro benzene ring substituents is 1. The maximum absolute atomic E-state index is 12.5. The van der Waals surface area contributed by atoms with Gasteiger partial charge in [0, 0.05) is 29.4 Å². The number of nitro groups is 1. The molecule has 31 heavy (non-hydrogen) atoms. The molecule has 1 heterocycles. The summed E-state index contributed by atoms with van der Waals surface area (Å²) in [7, 11) is 0. The van der Waals surface area contributed by atoms with E-state index >= 15 is 0 Å². The van der Waals surface area contributed by atoms with E-state index in [2.05, 4.69) is 20.9 Å². The zero-order valence-electron chi connectivity index (χ0n) is 16.9. The highest BCUT2D eigenvalue weighted by molar-refractivity contribution is 7.98. The number of carbonyl (C=O) groups excluding carboxylic acids is 1. The molecule has 0 fully saturated rings. The number of carbonyl (C=O) groups is 1. The Labute approximate surface area is 188 Å². The molecule has 0 atom stereocenters. The van der Waals surface area contributed by atoms with E-state index in [1.165, 1.54) is 30.0 Å². The summed E-state index contributed by atoms with van der Waals surface area (Å²) in [5, 5.41) is 22.7. The molecule has 0 saturated heterocycles. The number of rotatable bonds is 7. The van der Waals surface area contributed by atoms with E-state index in [9.17, 15) is 14.9 Å². The summed E-state index contributed by atoms with van der Waals surface area (Å²) in [4.78, 5) is 23.1. The van der Waals surface area contributed by atoms with E-state index < -0.39 is 10.8 Å². The molecular formula is C20H20N6O3S2. The first kappa shape index (κ1) is 22.4. The van der Waals surface area contributed by atoms with Gasteiger partial charge in [0.05, 0.1) is 4.92 Å². The van der Waals surface area contributed by atoms with Gasteiger partial charge < -0.3 is 0 Å². The molecule has 0 saturated carbocycles. The Bertz CT molecular complexity index is 1120. The predicted molar refractivity (Wildman–Crippen MR) is 123 cm³/mol. The lowest BCUT2D eigenvalue weighted by atomic mass is 10.1. The second kappa shape index (κ2) is 10.1. The number of thiocarbonyl (C=S) groups is 1. The molecule has 3 rings (SSSR count). The molecule has 0 aliphatic carbocycles. The van der Waals surface area contributed by atoms with Crippen LogP contribution in [0.5, 0.6) is 0 Å². The van der Waals surface area contributed by atoms with Crippen molar-refractivity contribution in [3.63, 3.8) is 0 Å². The molecule has 1 amide bonds. The molecule has 0 spiro atoms. The Balaban J connectivity index is 1.70. The van der Waals surface area contributed by atoms with E-state index in [1.54, 1.807) is 11.6 Å². The summed E-state index contributed by atoms with van der Waals surface area (Å²) < 4.78 is 1.63. The third kappa shape index (κ3) is 5.64. The van der Waals surface area contributed by atoms with Crippen molar-refractivity contribution in [1.29, 1.82) is 0 Å². The Kier molecular flexibility index (Phi) is 7.32. The molecule has 3 aromatic rings. The first-order valence-electron chi connectivity index (χ1n) is 9.37. The minimum Gasteiger partial charge on any atom is -0.298 e. The fraction of sp³-hybridized carbons (Fsp3) is 0.200. The van der Waals surface area contributed by atoms with Gasteiger partial charge in [-0.2, -0.15) is 0 Å². The maximum Gasteiger partial charge on any atom is 0.273 e. The van der Waals surface area contributed by atoms with Crippen LogP contribution in [-0.2, 0) is 12.2 Å². The zero-order valence-corrected chi connectivity index (χ0v) is 18.5. The lowest BCUT2D eigenvalue weighted by molar-refractivity contribution is -0.385. The number of aromatic nitrogens is 3. The SMILES string of the molecule is CCc1nnc(SCc2ccccc2)n1NC(=S)NC(=O)c1ccc(C)c([N+](=O)[O-])c1. The largest absolute Gasteiger partial charge is 0.298 e. The van der Waals surface area contributed by atoms with Gasteiger partial charge in [-0.25, -0.2) is 4.68 Å². The van der Waals surface area contributed by atoms with Crippen molar-refractivity contribution >= 4 is 40.7 Å². The molecule has 160 valence electrons. The molecular weight excluding hydrogens is 436 g/mol. The first-order chi connectivity index (χ1) is 14.9. The van der Waals surface area contributed by atoms with E-state index in [4.69, 9.17) is 12.2 Å². The monoisotopic (exact) mass is 456 g/mol. The Morgan fingerprint density at radius 2 is 1.97 bits per heavy atom. The van der Waals surface area contributed by atoms with Gasteiger partial charge >= 0.3 is 0 Å². The number of hydrogen-bond donors (Lipinski definition) is 2. The highest BCUT2D eigenvalue weighted by Gasteiger charge is 2.17. The second-order valence-corrected chi connectivity index (χ2v) is 7.87. The minimum atomic E-state index is -0.551. The number of amides is 1. The highest BCUT2D eigenvalue weighted by atomic mass is 32.2.